The second kappa shape index (κ2) is 14.0. The Morgan fingerprint density at radius 1 is 0.680 bits per heavy atom. The Morgan fingerprint density at radius 2 is 1.36 bits per heavy atom. The lowest BCUT2D eigenvalue weighted by Gasteiger charge is -2.29. The van der Waals surface area contributed by atoms with Gasteiger partial charge in [-0.05, 0) is 99.3 Å². The van der Waals surface area contributed by atoms with E-state index in [1.165, 1.54) is 65.0 Å². The summed E-state index contributed by atoms with van der Waals surface area (Å²) in [4.78, 5) is 1.38. The third kappa shape index (κ3) is 5.22. The Bertz CT molecular complexity index is 2380. The summed E-state index contributed by atoms with van der Waals surface area (Å²) in [6.07, 6.45) is 15.9. The molecule has 0 saturated carbocycles. The molecule has 5 aromatic carbocycles. The molecular weight excluding hydrogens is 646 g/mol. The van der Waals surface area contributed by atoms with Crippen LogP contribution < -0.4 is 5.73 Å². The molecule has 246 valence electrons. The summed E-state index contributed by atoms with van der Waals surface area (Å²) in [5, 5.41) is 2.07. The van der Waals surface area contributed by atoms with Crippen molar-refractivity contribution >= 4 is 38.6 Å². The first-order chi connectivity index (χ1) is 24.6. The number of fused-ring (bicyclic) bond motifs is 12. The minimum absolute atomic E-state index is 0.437. The number of halogens is 1. The highest BCUT2D eigenvalue weighted by atomic mass is 35.5. The van der Waals surface area contributed by atoms with Crippen molar-refractivity contribution in [2.45, 2.75) is 33.1 Å². The van der Waals surface area contributed by atoms with Crippen LogP contribution in [-0.2, 0) is 5.41 Å². The number of allylic oxidation sites excluding steroid dienone is 9. The van der Waals surface area contributed by atoms with E-state index in [9.17, 15) is 0 Å². The zero-order valence-electron chi connectivity index (χ0n) is 28.9. The van der Waals surface area contributed by atoms with Crippen molar-refractivity contribution in [2.24, 2.45) is 5.73 Å². The number of thiophene rings is 1. The number of hydrogen-bond donors (Lipinski definition) is 1. The normalized spacial score (nSPS) is 16.3. The van der Waals surface area contributed by atoms with E-state index in [0.29, 0.717) is 0 Å². The Kier molecular flexibility index (Phi) is 9.33. The molecule has 2 N–H and O–H groups in total. The summed E-state index contributed by atoms with van der Waals surface area (Å²) < 4.78 is 1.31. The fourth-order valence-electron chi connectivity index (χ4n) is 7.71. The van der Waals surface area contributed by atoms with E-state index in [1.807, 2.05) is 68.6 Å². The molecule has 1 atom stereocenters. The van der Waals surface area contributed by atoms with E-state index < -0.39 is 5.41 Å². The summed E-state index contributed by atoms with van der Waals surface area (Å²) in [6, 6.07) is 40.1. The third-order valence-corrected chi connectivity index (χ3v) is 11.3. The van der Waals surface area contributed by atoms with Crippen LogP contribution in [0.5, 0.6) is 0 Å². The van der Waals surface area contributed by atoms with E-state index in [1.54, 1.807) is 6.20 Å². The van der Waals surface area contributed by atoms with Gasteiger partial charge in [-0.2, -0.15) is 0 Å². The lowest BCUT2D eigenvalue weighted by Crippen LogP contribution is -2.25. The number of benzene rings is 5. The summed E-state index contributed by atoms with van der Waals surface area (Å²) >= 11 is 8.72. The van der Waals surface area contributed by atoms with E-state index >= 15 is 0 Å². The van der Waals surface area contributed by atoms with Gasteiger partial charge in [0, 0.05) is 31.7 Å². The van der Waals surface area contributed by atoms with Crippen LogP contribution in [-0.4, -0.2) is 0 Å². The first kappa shape index (κ1) is 33.4. The maximum Gasteiger partial charge on any atom is 0.0820 e. The number of rotatable bonds is 6. The Balaban J connectivity index is 0.00000193. The maximum atomic E-state index is 6.80. The molecular formula is C47H40ClNS. The van der Waals surface area contributed by atoms with Gasteiger partial charge in [-0.3, -0.25) is 0 Å². The van der Waals surface area contributed by atoms with Gasteiger partial charge in [-0.25, -0.2) is 0 Å². The van der Waals surface area contributed by atoms with Crippen LogP contribution >= 0.6 is 22.9 Å². The molecule has 50 heavy (non-hydrogen) atoms. The Morgan fingerprint density at radius 3 is 2.14 bits per heavy atom. The molecule has 0 amide bonds. The molecule has 3 heteroatoms. The maximum absolute atomic E-state index is 6.80. The van der Waals surface area contributed by atoms with Gasteiger partial charge in [0.05, 0.1) is 5.41 Å². The Labute approximate surface area is 305 Å². The van der Waals surface area contributed by atoms with E-state index in [2.05, 4.69) is 122 Å². The zero-order chi connectivity index (χ0) is 34.8. The van der Waals surface area contributed by atoms with E-state index in [-0.39, 0.29) is 0 Å². The average molecular weight is 686 g/mol. The molecule has 1 aromatic heterocycles. The van der Waals surface area contributed by atoms with Crippen LogP contribution in [0.15, 0.2) is 163 Å². The fraction of sp³-hybridized carbons (Fsp3) is 0.106. The smallest absolute Gasteiger partial charge is 0.0820 e. The molecule has 0 saturated heterocycles. The van der Waals surface area contributed by atoms with Gasteiger partial charge in [0.25, 0.3) is 0 Å². The highest BCUT2D eigenvalue weighted by molar-refractivity contribution is 7.20. The van der Waals surface area contributed by atoms with Crippen molar-refractivity contribution in [3.05, 3.63) is 196 Å². The lowest BCUT2D eigenvalue weighted by molar-refractivity contribution is 0.812. The largest absolute Gasteiger partial charge is 0.404 e. The molecule has 1 heterocycles. The average Bonchev–Trinajstić information content (AvgIpc) is 3.78. The monoisotopic (exact) mass is 685 g/mol. The van der Waals surface area contributed by atoms with E-state index in [4.69, 9.17) is 17.3 Å². The van der Waals surface area contributed by atoms with Crippen molar-refractivity contribution in [1.29, 1.82) is 0 Å². The van der Waals surface area contributed by atoms with Crippen LogP contribution in [0.3, 0.4) is 0 Å². The molecule has 0 fully saturated rings. The van der Waals surface area contributed by atoms with Gasteiger partial charge in [0.15, 0.2) is 0 Å². The van der Waals surface area contributed by atoms with Crippen molar-refractivity contribution in [1.82, 2.24) is 0 Å². The molecule has 1 nitrogen and oxygen atoms in total. The molecule has 2 aliphatic rings. The van der Waals surface area contributed by atoms with Gasteiger partial charge in [-0.1, -0.05) is 153 Å². The summed E-state index contributed by atoms with van der Waals surface area (Å²) in [5.74, 6) is 0. The van der Waals surface area contributed by atoms with Crippen molar-refractivity contribution in [2.75, 3.05) is 0 Å². The van der Waals surface area contributed by atoms with Crippen LogP contribution in [0.2, 0.25) is 5.02 Å². The SMILES string of the molecule is C/C=C/C=C\C=C/C(=C/N)C(=C/C)/c1ccc(-c2ccc3c(c2)C2(c4ccccc4-3)c3cc(Cl)ccc3-c3c2sc2ccccc32)cc1.CC. The topological polar surface area (TPSA) is 26.0 Å². The zero-order valence-corrected chi connectivity index (χ0v) is 30.4. The molecule has 0 bridgehead atoms. The van der Waals surface area contributed by atoms with Crippen LogP contribution in [0.25, 0.3) is 49.0 Å². The van der Waals surface area contributed by atoms with Gasteiger partial charge in [0.2, 0.25) is 0 Å². The lowest BCUT2D eigenvalue weighted by atomic mass is 9.73. The third-order valence-electron chi connectivity index (χ3n) is 9.75. The molecule has 8 rings (SSSR count). The summed E-state index contributed by atoms with van der Waals surface area (Å²) in [5.41, 5.74) is 20.3. The molecule has 6 aromatic rings. The Hall–Kier alpha value is -5.15. The second-order valence-corrected chi connectivity index (χ2v) is 13.7. The fourth-order valence-corrected chi connectivity index (χ4v) is 9.34. The predicted molar refractivity (Wildman–Crippen MR) is 219 cm³/mol. The summed E-state index contributed by atoms with van der Waals surface area (Å²) in [6.45, 7) is 8.06. The first-order valence-corrected chi connectivity index (χ1v) is 18.5. The predicted octanol–water partition coefficient (Wildman–Crippen LogP) is 13.5. The number of hydrogen-bond acceptors (Lipinski definition) is 2. The van der Waals surface area contributed by atoms with Crippen LogP contribution in [0, 0.1) is 0 Å². The first-order valence-electron chi connectivity index (χ1n) is 17.3. The van der Waals surface area contributed by atoms with Crippen LogP contribution in [0.1, 0.15) is 54.8 Å². The molecule has 0 radical (unpaired) electrons. The minimum Gasteiger partial charge on any atom is -0.404 e. The van der Waals surface area contributed by atoms with Crippen LogP contribution in [0.4, 0.5) is 0 Å². The molecule has 1 unspecified atom stereocenters. The molecule has 2 aliphatic carbocycles. The van der Waals surface area contributed by atoms with Crippen molar-refractivity contribution < 1.29 is 0 Å². The highest BCUT2D eigenvalue weighted by Gasteiger charge is 2.53. The number of nitrogens with two attached hydrogens (primary N) is 1. The van der Waals surface area contributed by atoms with Crippen molar-refractivity contribution in [3.63, 3.8) is 0 Å². The minimum atomic E-state index is -0.437. The highest BCUT2D eigenvalue weighted by Crippen LogP contribution is 2.66. The molecule has 0 aliphatic heterocycles. The van der Waals surface area contributed by atoms with E-state index in [0.717, 1.165) is 21.7 Å². The van der Waals surface area contributed by atoms with Crippen molar-refractivity contribution in [3.8, 4) is 33.4 Å². The molecule has 1 spiro atoms. The van der Waals surface area contributed by atoms with Gasteiger partial charge in [0.1, 0.15) is 0 Å². The van der Waals surface area contributed by atoms with Gasteiger partial charge >= 0.3 is 0 Å². The quantitative estimate of drug-likeness (QED) is 0.173. The second-order valence-electron chi connectivity index (χ2n) is 12.2. The summed E-state index contributed by atoms with van der Waals surface area (Å²) in [7, 11) is 0. The van der Waals surface area contributed by atoms with Gasteiger partial charge < -0.3 is 5.73 Å². The standard InChI is InChI=1S/C45H34ClNS.C2H6/c1-3-5-6-7-8-13-32(28-47)34(4-2)30-20-18-29(19-21-30)31-22-24-36-35-14-9-11-16-39(35)45(40(36)26-31)41-27-33(46)23-25-37(41)43-38-15-10-12-17-42(38)48-44(43)45;1-2/h3-28H,47H2,1-2H3;1-2H3/b5-3+,7-6-,13-8-,32-28-,34-4+;. The van der Waals surface area contributed by atoms with Gasteiger partial charge in [-0.15, -0.1) is 11.3 Å².